The van der Waals surface area contributed by atoms with Crippen LogP contribution in [-0.4, -0.2) is 35.4 Å². The van der Waals surface area contributed by atoms with Gasteiger partial charge in [0.2, 0.25) is 0 Å². The van der Waals surface area contributed by atoms with Gasteiger partial charge >= 0.3 is 5.97 Å². The molecule has 1 aliphatic carbocycles. The average molecular weight is 299 g/mol. The number of carboxylic acids is 1. The van der Waals surface area contributed by atoms with E-state index in [4.69, 9.17) is 4.74 Å². The SMILES string of the molecule is CCC(CCCOC1CCCCCC1)(NC(C)C)C(=O)O. The number of carbonyl (C=O) groups is 1. The zero-order chi connectivity index (χ0) is 15.7. The highest BCUT2D eigenvalue weighted by Gasteiger charge is 2.36. The zero-order valence-corrected chi connectivity index (χ0v) is 14.0. The third-order valence-electron chi connectivity index (χ3n) is 4.48. The summed E-state index contributed by atoms with van der Waals surface area (Å²) in [5, 5.41) is 12.8. The molecule has 0 radical (unpaired) electrons. The Hall–Kier alpha value is -0.610. The van der Waals surface area contributed by atoms with Gasteiger partial charge in [0.05, 0.1) is 6.10 Å². The van der Waals surface area contributed by atoms with Crippen LogP contribution in [0.2, 0.25) is 0 Å². The van der Waals surface area contributed by atoms with E-state index in [1.165, 1.54) is 38.5 Å². The van der Waals surface area contributed by atoms with Crippen molar-refractivity contribution < 1.29 is 14.6 Å². The largest absolute Gasteiger partial charge is 0.480 e. The summed E-state index contributed by atoms with van der Waals surface area (Å²) in [5.41, 5.74) is -0.805. The highest BCUT2D eigenvalue weighted by atomic mass is 16.5. The van der Waals surface area contributed by atoms with Crippen molar-refractivity contribution >= 4 is 5.97 Å². The van der Waals surface area contributed by atoms with Crippen LogP contribution < -0.4 is 5.32 Å². The fourth-order valence-corrected chi connectivity index (χ4v) is 3.26. The van der Waals surface area contributed by atoms with E-state index in [1.54, 1.807) is 0 Å². The molecule has 1 rings (SSSR count). The summed E-state index contributed by atoms with van der Waals surface area (Å²) in [4.78, 5) is 11.6. The van der Waals surface area contributed by atoms with E-state index in [0.29, 0.717) is 25.6 Å². The normalized spacial score (nSPS) is 20.2. The number of hydrogen-bond donors (Lipinski definition) is 2. The van der Waals surface area contributed by atoms with Gasteiger partial charge in [0, 0.05) is 12.6 Å². The molecule has 0 amide bonds. The van der Waals surface area contributed by atoms with Gasteiger partial charge in [0.1, 0.15) is 5.54 Å². The number of rotatable bonds is 9. The molecule has 4 nitrogen and oxygen atoms in total. The van der Waals surface area contributed by atoms with Crippen LogP contribution in [0, 0.1) is 0 Å². The van der Waals surface area contributed by atoms with Crippen molar-refractivity contribution in [3.63, 3.8) is 0 Å². The van der Waals surface area contributed by atoms with Crippen LogP contribution in [0.5, 0.6) is 0 Å². The van der Waals surface area contributed by atoms with Crippen LogP contribution in [0.4, 0.5) is 0 Å². The molecule has 1 unspecified atom stereocenters. The molecule has 4 heteroatoms. The highest BCUT2D eigenvalue weighted by molar-refractivity contribution is 5.78. The molecule has 0 spiro atoms. The van der Waals surface area contributed by atoms with Crippen molar-refractivity contribution in [2.75, 3.05) is 6.61 Å². The second-order valence-corrected chi connectivity index (χ2v) is 6.63. The van der Waals surface area contributed by atoms with Crippen molar-refractivity contribution in [2.24, 2.45) is 0 Å². The van der Waals surface area contributed by atoms with Crippen molar-refractivity contribution in [1.29, 1.82) is 0 Å². The smallest absolute Gasteiger partial charge is 0.323 e. The molecule has 0 saturated heterocycles. The summed E-state index contributed by atoms with van der Waals surface area (Å²) >= 11 is 0. The summed E-state index contributed by atoms with van der Waals surface area (Å²) in [6.45, 7) is 6.61. The Morgan fingerprint density at radius 2 is 1.90 bits per heavy atom. The van der Waals surface area contributed by atoms with Gasteiger partial charge in [-0.2, -0.15) is 0 Å². The summed E-state index contributed by atoms with van der Waals surface area (Å²) in [5.74, 6) is -0.742. The monoisotopic (exact) mass is 299 g/mol. The fourth-order valence-electron chi connectivity index (χ4n) is 3.26. The van der Waals surface area contributed by atoms with Crippen LogP contribution in [0.25, 0.3) is 0 Å². The topological polar surface area (TPSA) is 58.6 Å². The molecule has 0 aromatic heterocycles. The minimum atomic E-state index is -0.805. The summed E-state index contributed by atoms with van der Waals surface area (Å²) in [6.07, 6.45) is 9.97. The second-order valence-electron chi connectivity index (χ2n) is 6.63. The Bertz CT molecular complexity index is 298. The fraction of sp³-hybridized carbons (Fsp3) is 0.941. The first kappa shape index (κ1) is 18.4. The first-order valence-electron chi connectivity index (χ1n) is 8.63. The lowest BCUT2D eigenvalue weighted by Gasteiger charge is -2.32. The first-order chi connectivity index (χ1) is 10.00. The molecule has 124 valence electrons. The second kappa shape index (κ2) is 9.42. The molecule has 0 bridgehead atoms. The van der Waals surface area contributed by atoms with Gasteiger partial charge in [-0.05, 0) is 46.0 Å². The van der Waals surface area contributed by atoms with E-state index in [2.05, 4.69) is 5.32 Å². The minimum absolute atomic E-state index is 0.170. The highest BCUT2D eigenvalue weighted by Crippen LogP contribution is 2.22. The van der Waals surface area contributed by atoms with Crippen molar-refractivity contribution in [3.8, 4) is 0 Å². The standard InChI is InChI=1S/C17H33NO3/c1-4-17(16(19)20,18-14(2)3)12-9-13-21-15-10-7-5-6-8-11-15/h14-15,18H,4-13H2,1-3H3,(H,19,20). The van der Waals surface area contributed by atoms with Gasteiger partial charge in [0.25, 0.3) is 0 Å². The van der Waals surface area contributed by atoms with E-state index in [0.717, 1.165) is 6.42 Å². The molecule has 2 N–H and O–H groups in total. The molecular weight excluding hydrogens is 266 g/mol. The van der Waals surface area contributed by atoms with Gasteiger partial charge in [-0.1, -0.05) is 32.6 Å². The van der Waals surface area contributed by atoms with Gasteiger partial charge in [-0.3, -0.25) is 10.1 Å². The lowest BCUT2D eigenvalue weighted by molar-refractivity contribution is -0.146. The van der Waals surface area contributed by atoms with E-state index in [9.17, 15) is 9.90 Å². The van der Waals surface area contributed by atoms with Crippen LogP contribution in [0.3, 0.4) is 0 Å². The molecule has 0 heterocycles. The van der Waals surface area contributed by atoms with E-state index in [-0.39, 0.29) is 6.04 Å². The molecule has 1 saturated carbocycles. The Morgan fingerprint density at radius 3 is 2.38 bits per heavy atom. The van der Waals surface area contributed by atoms with Gasteiger partial charge in [0.15, 0.2) is 0 Å². The van der Waals surface area contributed by atoms with Crippen LogP contribution >= 0.6 is 0 Å². The van der Waals surface area contributed by atoms with Gasteiger partial charge < -0.3 is 9.84 Å². The van der Waals surface area contributed by atoms with Crippen LogP contribution in [0.15, 0.2) is 0 Å². The predicted octanol–water partition coefficient (Wildman–Crippen LogP) is 3.74. The zero-order valence-electron chi connectivity index (χ0n) is 14.0. The Labute approximate surface area is 129 Å². The maximum atomic E-state index is 11.6. The van der Waals surface area contributed by atoms with Gasteiger partial charge in [-0.25, -0.2) is 0 Å². The third kappa shape index (κ3) is 6.35. The Balaban J connectivity index is 2.37. The summed E-state index contributed by atoms with van der Waals surface area (Å²) < 4.78 is 5.97. The molecule has 1 fully saturated rings. The predicted molar refractivity (Wildman–Crippen MR) is 85.6 cm³/mol. The Kier molecular flexibility index (Phi) is 8.27. The molecule has 0 aliphatic heterocycles. The van der Waals surface area contributed by atoms with Crippen molar-refractivity contribution in [2.45, 2.75) is 96.2 Å². The van der Waals surface area contributed by atoms with E-state index in [1.807, 2.05) is 20.8 Å². The molecular formula is C17H33NO3. The van der Waals surface area contributed by atoms with Crippen molar-refractivity contribution in [3.05, 3.63) is 0 Å². The molecule has 21 heavy (non-hydrogen) atoms. The van der Waals surface area contributed by atoms with E-state index >= 15 is 0 Å². The molecule has 1 aliphatic rings. The first-order valence-corrected chi connectivity index (χ1v) is 8.63. The maximum Gasteiger partial charge on any atom is 0.323 e. The Morgan fingerprint density at radius 1 is 1.29 bits per heavy atom. The number of hydrogen-bond acceptors (Lipinski definition) is 3. The number of carboxylic acid groups (broad SMARTS) is 1. The van der Waals surface area contributed by atoms with Gasteiger partial charge in [-0.15, -0.1) is 0 Å². The number of aliphatic carboxylic acids is 1. The molecule has 0 aromatic carbocycles. The van der Waals surface area contributed by atoms with Crippen molar-refractivity contribution in [1.82, 2.24) is 5.32 Å². The van der Waals surface area contributed by atoms with Crippen LogP contribution in [-0.2, 0) is 9.53 Å². The lowest BCUT2D eigenvalue weighted by Crippen LogP contribution is -2.54. The number of ether oxygens (including phenoxy) is 1. The van der Waals surface area contributed by atoms with Crippen LogP contribution in [0.1, 0.15) is 78.6 Å². The quantitative estimate of drug-likeness (QED) is 0.503. The minimum Gasteiger partial charge on any atom is -0.480 e. The lowest BCUT2D eigenvalue weighted by atomic mass is 9.89. The average Bonchev–Trinajstić information content (AvgIpc) is 2.70. The molecule has 0 aromatic rings. The molecule has 1 atom stereocenters. The number of nitrogens with one attached hydrogen (secondary N) is 1. The summed E-state index contributed by atoms with van der Waals surface area (Å²) in [6, 6.07) is 0.170. The summed E-state index contributed by atoms with van der Waals surface area (Å²) in [7, 11) is 0. The maximum absolute atomic E-state index is 11.6. The van der Waals surface area contributed by atoms with E-state index < -0.39 is 11.5 Å². The third-order valence-corrected chi connectivity index (χ3v) is 4.48.